The van der Waals surface area contributed by atoms with Crippen molar-refractivity contribution in [3.05, 3.63) is 69.4 Å². The van der Waals surface area contributed by atoms with Crippen LogP contribution >= 0.6 is 23.2 Å². The summed E-state index contributed by atoms with van der Waals surface area (Å²) in [5.74, 6) is -0.137. The van der Waals surface area contributed by atoms with Crippen LogP contribution in [-0.4, -0.2) is 62.1 Å². The first-order valence-corrected chi connectivity index (χ1v) is 18.0. The third-order valence-electron chi connectivity index (χ3n) is 9.46. The first kappa shape index (κ1) is 30.9. The van der Waals surface area contributed by atoms with E-state index in [1.807, 2.05) is 0 Å². The lowest BCUT2D eigenvalue weighted by Crippen LogP contribution is -2.43. The van der Waals surface area contributed by atoms with Crippen molar-refractivity contribution in [1.82, 2.24) is 5.16 Å². The number of aromatic nitrogens is 1. The van der Waals surface area contributed by atoms with Gasteiger partial charge in [-0.3, -0.25) is 9.59 Å². The normalized spacial score (nSPS) is 23.6. The Morgan fingerprint density at radius 2 is 1.71 bits per heavy atom. The molecule has 3 heterocycles. The van der Waals surface area contributed by atoms with Gasteiger partial charge in [-0.15, -0.1) is 0 Å². The van der Waals surface area contributed by atoms with Crippen LogP contribution in [0.5, 0.6) is 0 Å². The molecular formula is C33H34Cl2N2O7S. The number of Topliss-reactive ketones (excluding diaryl/α,β-unsaturated/α-hetero) is 1. The molecule has 2 aromatic carbocycles. The Labute approximate surface area is 272 Å². The molecule has 9 nitrogen and oxygen atoms in total. The summed E-state index contributed by atoms with van der Waals surface area (Å²) < 4.78 is 42.8. The van der Waals surface area contributed by atoms with E-state index in [1.165, 1.54) is 0 Å². The highest BCUT2D eigenvalue weighted by Gasteiger charge is 2.52. The maximum Gasteiger partial charge on any atom is 0.233 e. The van der Waals surface area contributed by atoms with Gasteiger partial charge in [-0.2, -0.15) is 0 Å². The quantitative estimate of drug-likeness (QED) is 0.219. The van der Waals surface area contributed by atoms with Gasteiger partial charge in [-0.25, -0.2) is 8.42 Å². The van der Waals surface area contributed by atoms with Crippen LogP contribution in [-0.2, 0) is 30.7 Å². The highest BCUT2D eigenvalue weighted by Crippen LogP contribution is 2.47. The lowest BCUT2D eigenvalue weighted by Gasteiger charge is -2.31. The highest BCUT2D eigenvalue weighted by molar-refractivity contribution is 7.92. The summed E-state index contributed by atoms with van der Waals surface area (Å²) in [6.45, 7) is 1.35. The van der Waals surface area contributed by atoms with Gasteiger partial charge >= 0.3 is 0 Å². The summed E-state index contributed by atoms with van der Waals surface area (Å²) in [5, 5.41) is 5.30. The van der Waals surface area contributed by atoms with E-state index in [-0.39, 0.29) is 42.2 Å². The maximum atomic E-state index is 13.5. The molecule has 2 saturated heterocycles. The number of nitrogens with zero attached hydrogens (tertiary/aromatic N) is 2. The number of halogens is 2. The second-order valence-corrected chi connectivity index (χ2v) is 15.5. The van der Waals surface area contributed by atoms with Crippen LogP contribution < -0.4 is 4.90 Å². The van der Waals surface area contributed by atoms with E-state index in [0.717, 1.165) is 24.2 Å². The molecule has 0 spiro atoms. The van der Waals surface area contributed by atoms with E-state index in [9.17, 15) is 18.0 Å². The largest absolute Gasteiger partial charge is 0.381 e. The zero-order valence-electron chi connectivity index (χ0n) is 24.6. The van der Waals surface area contributed by atoms with Gasteiger partial charge in [-0.05, 0) is 80.8 Å². The van der Waals surface area contributed by atoms with Crippen LogP contribution in [0.3, 0.4) is 0 Å². The van der Waals surface area contributed by atoms with Crippen LogP contribution in [0.25, 0.3) is 11.3 Å². The molecule has 12 heteroatoms. The van der Waals surface area contributed by atoms with Crippen molar-refractivity contribution in [2.24, 2.45) is 11.8 Å². The summed E-state index contributed by atoms with van der Waals surface area (Å²) in [6.07, 6.45) is 4.54. The molecule has 3 aromatic rings. The van der Waals surface area contributed by atoms with Gasteiger partial charge in [0.05, 0.1) is 34.4 Å². The monoisotopic (exact) mass is 672 g/mol. The molecule has 1 aromatic heterocycles. The number of carbonyl (C=O) groups is 2. The van der Waals surface area contributed by atoms with Gasteiger partial charge < -0.3 is 18.9 Å². The molecule has 238 valence electrons. The molecule has 2 aliphatic heterocycles. The number of ether oxygens (including phenoxy) is 2. The molecular weight excluding hydrogens is 639 g/mol. The van der Waals surface area contributed by atoms with Gasteiger partial charge in [0.25, 0.3) is 0 Å². The molecule has 0 unspecified atom stereocenters. The second kappa shape index (κ2) is 12.4. The van der Waals surface area contributed by atoms with Crippen molar-refractivity contribution in [2.75, 3.05) is 29.6 Å². The van der Waals surface area contributed by atoms with Gasteiger partial charge in [0.2, 0.25) is 5.91 Å². The number of amides is 1. The molecule has 4 fully saturated rings. The summed E-state index contributed by atoms with van der Waals surface area (Å²) in [5.41, 5.74) is 3.04. The fourth-order valence-corrected chi connectivity index (χ4v) is 9.30. The molecule has 2 aliphatic carbocycles. The van der Waals surface area contributed by atoms with Gasteiger partial charge in [0, 0.05) is 47.6 Å². The number of piperidine rings is 1. The third kappa shape index (κ3) is 6.32. The summed E-state index contributed by atoms with van der Waals surface area (Å²) in [7, 11) is -3.53. The number of fused-ring (bicyclic) bond motifs is 2. The molecule has 0 radical (unpaired) electrons. The predicted octanol–water partition coefficient (Wildman–Crippen LogP) is 6.26. The van der Waals surface area contributed by atoms with Crippen LogP contribution in [0.2, 0.25) is 10.0 Å². The molecule has 4 aliphatic rings. The van der Waals surface area contributed by atoms with Crippen LogP contribution in [0.1, 0.15) is 66.1 Å². The first-order valence-electron chi connectivity index (χ1n) is 15.5. The zero-order chi connectivity index (χ0) is 31.3. The lowest BCUT2D eigenvalue weighted by molar-refractivity contribution is -0.126. The molecule has 2 bridgehead atoms. The number of hydrogen-bond acceptors (Lipinski definition) is 8. The number of benzene rings is 2. The van der Waals surface area contributed by atoms with E-state index in [4.69, 9.17) is 37.2 Å². The number of rotatable bonds is 11. The topological polar surface area (TPSA) is 116 Å². The maximum absolute atomic E-state index is 13.5. The number of carbonyl (C=O) groups excluding carboxylic acids is 2. The van der Waals surface area contributed by atoms with Crippen molar-refractivity contribution >= 4 is 50.4 Å². The first-order chi connectivity index (χ1) is 21.7. The van der Waals surface area contributed by atoms with Crippen molar-refractivity contribution in [1.29, 1.82) is 0 Å². The highest BCUT2D eigenvalue weighted by atomic mass is 35.5. The van der Waals surface area contributed by atoms with Crippen molar-refractivity contribution in [2.45, 2.75) is 63.2 Å². The van der Waals surface area contributed by atoms with E-state index in [0.29, 0.717) is 77.4 Å². The van der Waals surface area contributed by atoms with E-state index >= 15 is 0 Å². The minimum absolute atomic E-state index is 0.00281. The minimum atomic E-state index is -3.53. The second-order valence-electron chi connectivity index (χ2n) is 12.6. The van der Waals surface area contributed by atoms with Crippen molar-refractivity contribution in [3.63, 3.8) is 0 Å². The Bertz CT molecular complexity index is 1690. The fourth-order valence-electron chi connectivity index (χ4n) is 6.99. The number of sulfone groups is 1. The minimum Gasteiger partial charge on any atom is -0.381 e. The van der Waals surface area contributed by atoms with Gasteiger partial charge in [0.15, 0.2) is 15.6 Å². The van der Waals surface area contributed by atoms with Crippen LogP contribution in [0.4, 0.5) is 5.69 Å². The molecule has 2 saturated carbocycles. The Balaban J connectivity index is 0.995. The summed E-state index contributed by atoms with van der Waals surface area (Å²) >= 11 is 13.0. The standard InChI is InChI=1S/C33H34Cl2N2O7S/c34-26-2-1-3-27(35)30(26)31-25(32(44-36-31)21-4-5-21)16-43-29-15-23-14-24(29)33(39)37(23)22-8-6-20(7-9-22)28(38)18-45(40,41)17-19-10-12-42-13-11-19/h1-3,6-9,19,21,23-24,29H,4-5,10-18H2/t23-,24+,29+/m0/s1. The smallest absolute Gasteiger partial charge is 0.233 e. The molecule has 45 heavy (non-hydrogen) atoms. The summed E-state index contributed by atoms with van der Waals surface area (Å²) in [4.78, 5) is 28.1. The molecule has 1 amide bonds. The van der Waals surface area contributed by atoms with Gasteiger partial charge in [0.1, 0.15) is 17.2 Å². The van der Waals surface area contributed by atoms with Crippen LogP contribution in [0, 0.1) is 11.8 Å². The van der Waals surface area contributed by atoms with E-state index < -0.39 is 21.4 Å². The lowest BCUT2D eigenvalue weighted by atomic mass is 10.0. The average molecular weight is 674 g/mol. The van der Waals surface area contributed by atoms with Crippen LogP contribution in [0.15, 0.2) is 47.0 Å². The predicted molar refractivity (Wildman–Crippen MR) is 169 cm³/mol. The summed E-state index contributed by atoms with van der Waals surface area (Å²) in [6, 6.07) is 12.0. The van der Waals surface area contributed by atoms with Gasteiger partial charge in [-0.1, -0.05) is 34.4 Å². The Morgan fingerprint density at radius 3 is 2.38 bits per heavy atom. The molecule has 3 atom stereocenters. The molecule has 7 rings (SSSR count). The number of ketones is 1. The number of anilines is 1. The Morgan fingerprint density at radius 1 is 1.00 bits per heavy atom. The Hall–Kier alpha value is -2.76. The SMILES string of the molecule is O=C(CS(=O)(=O)CC1CCOCC1)c1ccc(N2C(=O)[C@@H]3C[C@H]2C[C@H]3OCc2c(-c3c(Cl)cccc3Cl)noc2C2CC2)cc1. The average Bonchev–Trinajstić information content (AvgIpc) is 3.52. The number of hydrogen-bond donors (Lipinski definition) is 0. The zero-order valence-corrected chi connectivity index (χ0v) is 27.0. The Kier molecular flexibility index (Phi) is 8.54. The fraction of sp³-hybridized carbons (Fsp3) is 0.485. The van der Waals surface area contributed by atoms with E-state index in [2.05, 4.69) is 5.16 Å². The van der Waals surface area contributed by atoms with Crippen molar-refractivity contribution < 1.29 is 32.0 Å². The molecule has 0 N–H and O–H groups in total. The van der Waals surface area contributed by atoms with E-state index in [1.54, 1.807) is 47.4 Å². The third-order valence-corrected chi connectivity index (χ3v) is 11.8. The van der Waals surface area contributed by atoms with Crippen molar-refractivity contribution in [3.8, 4) is 11.3 Å².